The molecular formula is C32H48F2O2. The van der Waals surface area contributed by atoms with Crippen LogP contribution in [0.2, 0.25) is 0 Å². The molecule has 4 heteroatoms. The van der Waals surface area contributed by atoms with Crippen LogP contribution in [-0.4, -0.2) is 13.2 Å². The lowest BCUT2D eigenvalue weighted by Crippen LogP contribution is -2.27. The van der Waals surface area contributed by atoms with Crippen LogP contribution in [0.25, 0.3) is 0 Å². The molecule has 2 saturated carbocycles. The summed E-state index contributed by atoms with van der Waals surface area (Å²) in [6.45, 7) is 7.80. The largest absolute Gasteiger partial charge is 0.490 e. The van der Waals surface area contributed by atoms with Crippen LogP contribution in [0.4, 0.5) is 8.78 Å². The monoisotopic (exact) mass is 502 g/mol. The molecule has 0 spiro atoms. The van der Waals surface area contributed by atoms with Crippen molar-refractivity contribution in [2.75, 3.05) is 13.2 Å². The van der Waals surface area contributed by atoms with Gasteiger partial charge >= 0.3 is 0 Å². The summed E-state index contributed by atoms with van der Waals surface area (Å²) >= 11 is 0. The Labute approximate surface area is 218 Å². The van der Waals surface area contributed by atoms with Crippen LogP contribution < -0.4 is 9.47 Å². The van der Waals surface area contributed by atoms with Gasteiger partial charge in [0.1, 0.15) is 0 Å². The molecule has 36 heavy (non-hydrogen) atoms. The third-order valence-corrected chi connectivity index (χ3v) is 9.71. The molecule has 1 aromatic rings. The lowest BCUT2D eigenvalue weighted by atomic mass is 9.68. The molecule has 2 unspecified atom stereocenters. The van der Waals surface area contributed by atoms with Crippen molar-refractivity contribution in [1.82, 2.24) is 0 Å². The van der Waals surface area contributed by atoms with E-state index in [2.05, 4.69) is 32.9 Å². The third kappa shape index (κ3) is 7.04. The second kappa shape index (κ2) is 13.3. The minimum Gasteiger partial charge on any atom is -0.490 e. The van der Waals surface area contributed by atoms with Crippen LogP contribution in [0.15, 0.2) is 24.3 Å². The SMILES string of the molecule is CCC(CC)C1CCC(C2C=CC(COc3ccc(OCC4CCC(C)CC4)c(F)c3F)CC2)CC1. The van der Waals surface area contributed by atoms with Gasteiger partial charge in [0.2, 0.25) is 11.6 Å². The van der Waals surface area contributed by atoms with Crippen molar-refractivity contribution >= 4 is 0 Å². The smallest absolute Gasteiger partial charge is 0.204 e. The normalized spacial score (nSPS) is 30.9. The topological polar surface area (TPSA) is 18.5 Å². The highest BCUT2D eigenvalue weighted by molar-refractivity contribution is 5.35. The third-order valence-electron chi connectivity index (χ3n) is 9.71. The minimum atomic E-state index is -0.934. The van der Waals surface area contributed by atoms with Gasteiger partial charge in [-0.05, 0) is 99.0 Å². The van der Waals surface area contributed by atoms with Gasteiger partial charge < -0.3 is 9.47 Å². The molecule has 0 amide bonds. The van der Waals surface area contributed by atoms with Gasteiger partial charge in [0, 0.05) is 5.92 Å². The molecule has 3 aliphatic rings. The molecule has 2 fully saturated rings. The zero-order valence-electron chi connectivity index (χ0n) is 22.8. The Hall–Kier alpha value is -1.58. The first kappa shape index (κ1) is 27.5. The van der Waals surface area contributed by atoms with Crippen molar-refractivity contribution < 1.29 is 18.3 Å². The van der Waals surface area contributed by atoms with E-state index < -0.39 is 11.6 Å². The van der Waals surface area contributed by atoms with Gasteiger partial charge in [0.05, 0.1) is 13.2 Å². The lowest BCUT2D eigenvalue weighted by molar-refractivity contribution is 0.158. The van der Waals surface area contributed by atoms with E-state index in [0.29, 0.717) is 25.0 Å². The maximum atomic E-state index is 14.7. The average Bonchev–Trinajstić information content (AvgIpc) is 2.91. The van der Waals surface area contributed by atoms with Crippen molar-refractivity contribution in [3.63, 3.8) is 0 Å². The summed E-state index contributed by atoms with van der Waals surface area (Å²) in [5, 5.41) is 0. The van der Waals surface area contributed by atoms with E-state index in [9.17, 15) is 8.78 Å². The number of allylic oxidation sites excluding steroid dienone is 1. The van der Waals surface area contributed by atoms with Gasteiger partial charge in [-0.15, -0.1) is 0 Å². The van der Waals surface area contributed by atoms with E-state index in [0.717, 1.165) is 42.9 Å². The molecule has 0 saturated heterocycles. The van der Waals surface area contributed by atoms with Crippen LogP contribution in [0.5, 0.6) is 11.5 Å². The standard InChI is InChI=1S/C32H48F2O2/c1-4-25(5-2)26-14-16-28(17-15-26)27-12-10-24(11-13-27)21-36-30-19-18-29(31(33)32(30)34)35-20-23-8-6-22(3)7-9-23/h10,12,18-19,22-28H,4-9,11,13-17,20-21H2,1-3H3. The van der Waals surface area contributed by atoms with Crippen LogP contribution >= 0.6 is 0 Å². The average molecular weight is 503 g/mol. The molecular weight excluding hydrogens is 454 g/mol. The van der Waals surface area contributed by atoms with E-state index in [1.807, 2.05) is 0 Å². The molecule has 1 aromatic carbocycles. The predicted octanol–water partition coefficient (Wildman–Crippen LogP) is 9.37. The lowest BCUT2D eigenvalue weighted by Gasteiger charge is -2.37. The highest BCUT2D eigenvalue weighted by atomic mass is 19.2. The summed E-state index contributed by atoms with van der Waals surface area (Å²) in [6, 6.07) is 3.04. The summed E-state index contributed by atoms with van der Waals surface area (Å²) < 4.78 is 40.7. The minimum absolute atomic E-state index is 0.00205. The summed E-state index contributed by atoms with van der Waals surface area (Å²) in [7, 11) is 0. The first-order valence-electron chi connectivity index (χ1n) is 14.9. The fraction of sp³-hybridized carbons (Fsp3) is 0.750. The second-order valence-electron chi connectivity index (χ2n) is 12.1. The van der Waals surface area contributed by atoms with Gasteiger partial charge in [-0.2, -0.15) is 8.78 Å². The Morgan fingerprint density at radius 3 is 1.92 bits per heavy atom. The van der Waals surface area contributed by atoms with Gasteiger partial charge in [0.15, 0.2) is 11.5 Å². The summed E-state index contributed by atoms with van der Waals surface area (Å²) in [4.78, 5) is 0. The van der Waals surface area contributed by atoms with Crippen molar-refractivity contribution in [1.29, 1.82) is 0 Å². The fourth-order valence-electron chi connectivity index (χ4n) is 7.07. The first-order valence-corrected chi connectivity index (χ1v) is 14.9. The molecule has 0 aromatic heterocycles. The van der Waals surface area contributed by atoms with E-state index in [1.165, 1.54) is 69.9 Å². The molecule has 0 heterocycles. The molecule has 2 nitrogen and oxygen atoms in total. The zero-order valence-corrected chi connectivity index (χ0v) is 22.8. The Kier molecular flexibility index (Phi) is 10.1. The van der Waals surface area contributed by atoms with E-state index >= 15 is 0 Å². The Morgan fingerprint density at radius 1 is 0.750 bits per heavy atom. The first-order chi connectivity index (χ1) is 17.5. The Balaban J connectivity index is 1.22. The number of hydrogen-bond acceptors (Lipinski definition) is 2. The predicted molar refractivity (Wildman–Crippen MR) is 143 cm³/mol. The van der Waals surface area contributed by atoms with Gasteiger partial charge in [-0.3, -0.25) is 0 Å². The molecule has 4 rings (SSSR count). The van der Waals surface area contributed by atoms with Crippen LogP contribution in [0, 0.1) is 53.1 Å². The van der Waals surface area contributed by atoms with Gasteiger partial charge in [-0.1, -0.05) is 58.6 Å². The van der Waals surface area contributed by atoms with Crippen molar-refractivity contribution in [3.8, 4) is 11.5 Å². The summed E-state index contributed by atoms with van der Waals surface area (Å²) in [5.41, 5.74) is 0. The number of benzene rings is 1. The molecule has 0 N–H and O–H groups in total. The summed E-state index contributed by atoms with van der Waals surface area (Å²) in [5.74, 6) is 2.88. The van der Waals surface area contributed by atoms with Crippen molar-refractivity contribution in [2.24, 2.45) is 41.4 Å². The molecule has 2 atom stereocenters. The summed E-state index contributed by atoms with van der Waals surface area (Å²) in [6.07, 6.45) is 19.6. The number of rotatable bonds is 10. The van der Waals surface area contributed by atoms with E-state index in [4.69, 9.17) is 9.47 Å². The molecule has 0 aliphatic heterocycles. The number of halogens is 2. The van der Waals surface area contributed by atoms with Gasteiger partial charge in [0.25, 0.3) is 0 Å². The van der Waals surface area contributed by atoms with E-state index in [1.54, 1.807) is 0 Å². The van der Waals surface area contributed by atoms with E-state index in [-0.39, 0.29) is 17.4 Å². The highest BCUT2D eigenvalue weighted by Crippen LogP contribution is 2.42. The quantitative estimate of drug-likeness (QED) is 0.297. The maximum Gasteiger partial charge on any atom is 0.204 e. The van der Waals surface area contributed by atoms with Crippen molar-refractivity contribution in [3.05, 3.63) is 35.9 Å². The Bertz CT molecular complexity index is 833. The highest BCUT2D eigenvalue weighted by Gasteiger charge is 2.31. The van der Waals surface area contributed by atoms with Crippen LogP contribution in [0.1, 0.15) is 97.8 Å². The van der Waals surface area contributed by atoms with Crippen molar-refractivity contribution in [2.45, 2.75) is 97.8 Å². The fourth-order valence-corrected chi connectivity index (χ4v) is 7.07. The number of ether oxygens (including phenoxy) is 2. The molecule has 3 aliphatic carbocycles. The Morgan fingerprint density at radius 2 is 1.36 bits per heavy atom. The van der Waals surface area contributed by atoms with Crippen LogP contribution in [-0.2, 0) is 0 Å². The second-order valence-corrected chi connectivity index (χ2v) is 12.1. The van der Waals surface area contributed by atoms with Gasteiger partial charge in [-0.25, -0.2) is 0 Å². The zero-order chi connectivity index (χ0) is 25.5. The molecule has 202 valence electrons. The molecule has 0 radical (unpaired) electrons. The number of hydrogen-bond donors (Lipinski definition) is 0. The molecule has 0 bridgehead atoms. The maximum absolute atomic E-state index is 14.7. The van der Waals surface area contributed by atoms with Crippen LogP contribution in [0.3, 0.4) is 0 Å².